The average molecular weight is 575 g/mol. The van der Waals surface area contributed by atoms with Gasteiger partial charge in [-0.2, -0.15) is 5.10 Å². The second-order valence-corrected chi connectivity index (χ2v) is 11.9. The van der Waals surface area contributed by atoms with Crippen molar-refractivity contribution in [3.8, 4) is 0 Å². The van der Waals surface area contributed by atoms with Gasteiger partial charge in [0.15, 0.2) is 6.10 Å². The third kappa shape index (κ3) is 5.40. The van der Waals surface area contributed by atoms with Gasteiger partial charge in [0.2, 0.25) is 0 Å². The summed E-state index contributed by atoms with van der Waals surface area (Å²) in [5.41, 5.74) is 3.73. The molecule has 1 aromatic heterocycles. The summed E-state index contributed by atoms with van der Waals surface area (Å²) in [5, 5.41) is 10.9. The fraction of sp³-hybridized carbons (Fsp3) is 0.484. The number of aromatic nitrogens is 2. The van der Waals surface area contributed by atoms with E-state index in [-0.39, 0.29) is 12.3 Å². The van der Waals surface area contributed by atoms with E-state index in [9.17, 15) is 14.4 Å². The Labute approximate surface area is 245 Å². The number of anilines is 1. The van der Waals surface area contributed by atoms with Crippen molar-refractivity contribution in [3.05, 3.63) is 59.3 Å². The van der Waals surface area contributed by atoms with E-state index >= 15 is 0 Å². The molecule has 0 saturated carbocycles. The predicted octanol–water partition coefficient (Wildman–Crippen LogP) is 4.03. The molecule has 11 nitrogen and oxygen atoms in total. The van der Waals surface area contributed by atoms with E-state index in [0.717, 1.165) is 46.1 Å². The van der Waals surface area contributed by atoms with E-state index in [0.29, 0.717) is 45.1 Å². The highest BCUT2D eigenvalue weighted by Gasteiger charge is 2.45. The Morgan fingerprint density at radius 2 is 1.86 bits per heavy atom. The summed E-state index contributed by atoms with van der Waals surface area (Å²) >= 11 is 0. The molecular formula is C31H38N6O5. The first kappa shape index (κ1) is 28.0. The minimum absolute atomic E-state index is 0.166. The topological polar surface area (TPSA) is 120 Å². The van der Waals surface area contributed by atoms with Crippen LogP contribution in [0.2, 0.25) is 0 Å². The number of amides is 3. The van der Waals surface area contributed by atoms with Gasteiger partial charge in [-0.05, 0) is 57.1 Å². The lowest BCUT2D eigenvalue weighted by molar-refractivity contribution is -0.142. The second-order valence-electron chi connectivity index (χ2n) is 11.9. The largest absolute Gasteiger partial charge is 0.438 e. The van der Waals surface area contributed by atoms with Crippen LogP contribution in [0.25, 0.3) is 10.9 Å². The molecule has 0 unspecified atom stereocenters. The number of fused-ring (bicyclic) bond motifs is 3. The molecule has 1 atom stereocenters. The van der Waals surface area contributed by atoms with E-state index in [1.54, 1.807) is 11.1 Å². The quantitative estimate of drug-likeness (QED) is 0.472. The van der Waals surface area contributed by atoms with Crippen LogP contribution in [0, 0.1) is 6.92 Å². The molecule has 0 bridgehead atoms. The fourth-order valence-electron chi connectivity index (χ4n) is 6.61. The number of para-hydroxylation sites is 1. The second kappa shape index (κ2) is 11.3. The number of carbonyl (C=O) groups excluding carboxylic acids is 3. The molecule has 3 aliphatic rings. The van der Waals surface area contributed by atoms with Crippen LogP contribution in [-0.2, 0) is 26.3 Å². The molecule has 42 heavy (non-hydrogen) atoms. The lowest BCUT2D eigenvalue weighted by Crippen LogP contribution is -2.52. The van der Waals surface area contributed by atoms with Gasteiger partial charge < -0.3 is 24.2 Å². The van der Waals surface area contributed by atoms with Gasteiger partial charge in [0, 0.05) is 62.4 Å². The zero-order valence-corrected chi connectivity index (χ0v) is 24.4. The number of rotatable bonds is 5. The van der Waals surface area contributed by atoms with E-state index < -0.39 is 23.9 Å². The SMILES string of the molecule is Cc1cc(C[C@@H](OC(=O)N2CCC3(CC2)OC(=O)Nc2ccccc23)C(=O)N2CCC(N(C)C)CC2)cc2cn[nH]c12. The van der Waals surface area contributed by atoms with Gasteiger partial charge in [-0.15, -0.1) is 0 Å². The molecule has 2 fully saturated rings. The van der Waals surface area contributed by atoms with Crippen molar-refractivity contribution in [3.63, 3.8) is 0 Å². The summed E-state index contributed by atoms with van der Waals surface area (Å²) in [5.74, 6) is -0.166. The van der Waals surface area contributed by atoms with Crippen LogP contribution < -0.4 is 5.32 Å². The first-order valence-electron chi connectivity index (χ1n) is 14.7. The molecule has 3 aromatic rings. The summed E-state index contributed by atoms with van der Waals surface area (Å²) in [6.07, 6.45) is 2.71. The van der Waals surface area contributed by atoms with E-state index in [1.807, 2.05) is 48.2 Å². The van der Waals surface area contributed by atoms with Crippen molar-refractivity contribution in [2.45, 2.75) is 56.8 Å². The summed E-state index contributed by atoms with van der Waals surface area (Å²) in [6, 6.07) is 12.0. The van der Waals surface area contributed by atoms with Crippen molar-refractivity contribution < 1.29 is 23.9 Å². The Bertz CT molecular complexity index is 1490. The number of carbonyl (C=O) groups is 3. The molecule has 11 heteroatoms. The van der Waals surface area contributed by atoms with Crippen molar-refractivity contribution in [2.75, 3.05) is 45.6 Å². The van der Waals surface area contributed by atoms with Gasteiger partial charge in [-0.25, -0.2) is 9.59 Å². The predicted molar refractivity (Wildman–Crippen MR) is 157 cm³/mol. The van der Waals surface area contributed by atoms with Crippen LogP contribution in [0.5, 0.6) is 0 Å². The normalized spacial score (nSPS) is 19.4. The zero-order valence-electron chi connectivity index (χ0n) is 24.4. The third-order valence-electron chi connectivity index (χ3n) is 9.02. The van der Waals surface area contributed by atoms with Crippen LogP contribution in [-0.4, -0.2) is 95.4 Å². The molecular weight excluding hydrogens is 536 g/mol. The summed E-state index contributed by atoms with van der Waals surface area (Å²) < 4.78 is 11.8. The number of benzene rings is 2. The maximum absolute atomic E-state index is 13.8. The number of piperidine rings is 2. The van der Waals surface area contributed by atoms with Crippen LogP contribution in [0.1, 0.15) is 42.4 Å². The van der Waals surface area contributed by atoms with Crippen LogP contribution >= 0.6 is 0 Å². The molecule has 3 aliphatic heterocycles. The molecule has 0 aliphatic carbocycles. The molecule has 2 aromatic carbocycles. The first-order chi connectivity index (χ1) is 20.2. The summed E-state index contributed by atoms with van der Waals surface area (Å²) in [4.78, 5) is 45.3. The lowest BCUT2D eigenvalue weighted by Gasteiger charge is -2.44. The Hall–Kier alpha value is -4.12. The van der Waals surface area contributed by atoms with Gasteiger partial charge in [0.1, 0.15) is 5.60 Å². The summed E-state index contributed by atoms with van der Waals surface area (Å²) in [7, 11) is 4.13. The summed E-state index contributed by atoms with van der Waals surface area (Å²) in [6.45, 7) is 3.93. The number of hydrogen-bond donors (Lipinski definition) is 2. The number of aromatic amines is 1. The first-order valence-corrected chi connectivity index (χ1v) is 14.7. The van der Waals surface area contributed by atoms with Gasteiger partial charge in [0.25, 0.3) is 5.91 Å². The van der Waals surface area contributed by atoms with Crippen LogP contribution in [0.3, 0.4) is 0 Å². The van der Waals surface area contributed by atoms with Gasteiger partial charge in [-0.3, -0.25) is 15.2 Å². The number of aryl methyl sites for hydroxylation is 1. The number of nitrogens with one attached hydrogen (secondary N) is 2. The fourth-order valence-corrected chi connectivity index (χ4v) is 6.61. The molecule has 4 heterocycles. The highest BCUT2D eigenvalue weighted by Crippen LogP contribution is 2.43. The Kier molecular flexibility index (Phi) is 7.53. The van der Waals surface area contributed by atoms with Crippen molar-refractivity contribution >= 4 is 34.7 Å². The van der Waals surface area contributed by atoms with Gasteiger partial charge >= 0.3 is 12.2 Å². The zero-order chi connectivity index (χ0) is 29.4. The third-order valence-corrected chi connectivity index (χ3v) is 9.02. The van der Waals surface area contributed by atoms with E-state index in [1.165, 1.54) is 0 Å². The average Bonchev–Trinajstić information content (AvgIpc) is 3.46. The van der Waals surface area contributed by atoms with Crippen molar-refractivity contribution in [1.82, 2.24) is 24.9 Å². The number of likely N-dealkylation sites (tertiary alicyclic amines) is 2. The molecule has 222 valence electrons. The van der Waals surface area contributed by atoms with Crippen molar-refractivity contribution in [1.29, 1.82) is 0 Å². The van der Waals surface area contributed by atoms with Gasteiger partial charge in [0.05, 0.1) is 17.4 Å². The molecule has 3 amide bonds. The number of hydrogen-bond acceptors (Lipinski definition) is 7. The number of nitrogens with zero attached hydrogens (tertiary/aromatic N) is 4. The molecule has 1 spiro atoms. The molecule has 2 saturated heterocycles. The monoisotopic (exact) mass is 574 g/mol. The maximum Gasteiger partial charge on any atom is 0.412 e. The highest BCUT2D eigenvalue weighted by atomic mass is 16.6. The number of H-pyrrole nitrogens is 1. The minimum atomic E-state index is -0.953. The maximum atomic E-state index is 13.8. The smallest absolute Gasteiger partial charge is 0.412 e. The van der Waals surface area contributed by atoms with E-state index in [4.69, 9.17) is 9.47 Å². The Morgan fingerprint density at radius 3 is 2.60 bits per heavy atom. The van der Waals surface area contributed by atoms with Gasteiger partial charge in [-0.1, -0.05) is 24.3 Å². The Balaban J connectivity index is 1.18. The molecule has 6 rings (SSSR count). The van der Waals surface area contributed by atoms with Crippen LogP contribution in [0.15, 0.2) is 42.6 Å². The standard InChI is InChI=1S/C31H38N6O5/c1-20-16-21(17-22-19-32-34-27(20)22)18-26(28(38)36-12-8-23(9-13-36)35(2)3)41-30(40)37-14-10-31(11-15-37)24-6-4-5-7-25(24)33-29(39)42-31/h4-7,16-17,19,23,26H,8-15,18H2,1-3H3,(H,32,34)(H,33,39)/t26-/m1/s1. The van der Waals surface area contributed by atoms with Crippen molar-refractivity contribution in [2.24, 2.45) is 0 Å². The lowest BCUT2D eigenvalue weighted by atomic mass is 9.82. The minimum Gasteiger partial charge on any atom is -0.438 e. The van der Waals surface area contributed by atoms with E-state index in [2.05, 4.69) is 34.5 Å². The molecule has 0 radical (unpaired) electrons. The van der Waals surface area contributed by atoms with Crippen LogP contribution in [0.4, 0.5) is 15.3 Å². The Morgan fingerprint density at radius 1 is 1.12 bits per heavy atom. The molecule has 2 N–H and O–H groups in total. The highest BCUT2D eigenvalue weighted by molar-refractivity contribution is 5.89. The number of ether oxygens (including phenoxy) is 2.